The first-order chi connectivity index (χ1) is 32.8. The van der Waals surface area contributed by atoms with E-state index in [9.17, 15) is 34.0 Å². The fourth-order valence-electron chi connectivity index (χ4n) is 10.9. The van der Waals surface area contributed by atoms with Crippen molar-refractivity contribution in [2.24, 2.45) is 29.6 Å². The number of Topliss-reactive ketones (excluding diaryl/α,β-unsaturated/α-hetero) is 2. The predicted molar refractivity (Wildman–Crippen MR) is 255 cm³/mol. The van der Waals surface area contributed by atoms with E-state index in [4.69, 9.17) is 42.0 Å². The molecular formula is C50H83N2O16P. The van der Waals surface area contributed by atoms with Crippen molar-refractivity contribution in [3.63, 3.8) is 0 Å². The normalized spacial score (nSPS) is 38.6. The number of phosphoric acid groups is 1. The highest BCUT2D eigenvalue weighted by molar-refractivity contribution is 7.48. The average Bonchev–Trinajstić information content (AvgIpc) is 3.34. The van der Waals surface area contributed by atoms with Gasteiger partial charge in [0.15, 0.2) is 0 Å². The Labute approximate surface area is 410 Å². The molecule has 69 heavy (non-hydrogen) atoms. The van der Waals surface area contributed by atoms with Crippen molar-refractivity contribution in [3.8, 4) is 0 Å². The number of allylic oxidation sites excluding steroid dienone is 3. The van der Waals surface area contributed by atoms with Gasteiger partial charge in [-0.05, 0) is 95.5 Å². The van der Waals surface area contributed by atoms with E-state index in [1.165, 1.54) is 26.2 Å². The van der Waals surface area contributed by atoms with Gasteiger partial charge in [-0.25, -0.2) is 9.36 Å². The molecule has 4 fully saturated rings. The van der Waals surface area contributed by atoms with Gasteiger partial charge in [-0.2, -0.15) is 0 Å². The summed E-state index contributed by atoms with van der Waals surface area (Å²) in [5.74, 6) is -7.93. The molecule has 0 aromatic rings. The maximum atomic E-state index is 14.6. The number of fused-ring (bicyclic) bond motifs is 3. The first kappa shape index (κ1) is 57.5. The van der Waals surface area contributed by atoms with Crippen molar-refractivity contribution in [2.45, 2.75) is 167 Å². The third-order valence-electron chi connectivity index (χ3n) is 15.1. The zero-order valence-electron chi connectivity index (χ0n) is 42.8. The second-order valence-electron chi connectivity index (χ2n) is 20.1. The summed E-state index contributed by atoms with van der Waals surface area (Å²) in [5, 5.41) is 24.0. The second-order valence-corrected chi connectivity index (χ2v) is 21.9. The molecular weight excluding hydrogens is 916 g/mol. The van der Waals surface area contributed by atoms with Gasteiger partial charge in [0.05, 0.1) is 50.3 Å². The van der Waals surface area contributed by atoms with Crippen molar-refractivity contribution >= 4 is 31.3 Å². The third kappa shape index (κ3) is 14.8. The van der Waals surface area contributed by atoms with Crippen molar-refractivity contribution in [1.82, 2.24) is 9.80 Å². The van der Waals surface area contributed by atoms with Gasteiger partial charge in [-0.1, -0.05) is 45.4 Å². The van der Waals surface area contributed by atoms with Gasteiger partial charge in [-0.3, -0.25) is 32.9 Å². The number of cyclic esters (lactones) is 1. The number of ketones is 2. The van der Waals surface area contributed by atoms with Crippen LogP contribution in [0.4, 0.5) is 0 Å². The zero-order valence-corrected chi connectivity index (χ0v) is 43.7. The van der Waals surface area contributed by atoms with E-state index in [-0.39, 0.29) is 50.0 Å². The highest BCUT2D eigenvalue weighted by Gasteiger charge is 2.56. The number of phosphoric ester groups is 1. The lowest BCUT2D eigenvalue weighted by molar-refractivity contribution is -0.302. The number of carbonyl (C=O) groups excluding carboxylic acids is 4. The second kappa shape index (κ2) is 26.5. The van der Waals surface area contributed by atoms with Gasteiger partial charge in [0.1, 0.15) is 24.0 Å². The molecule has 1 amide bonds. The highest BCUT2D eigenvalue weighted by Crippen LogP contribution is 2.52. The number of aliphatic hydroxyl groups excluding tert-OH is 1. The summed E-state index contributed by atoms with van der Waals surface area (Å²) in [6, 6.07) is -1.18. The van der Waals surface area contributed by atoms with Crippen LogP contribution in [0.3, 0.4) is 0 Å². The van der Waals surface area contributed by atoms with Crippen LogP contribution in [0.25, 0.3) is 0 Å². The molecule has 19 heteroatoms. The molecule has 0 aromatic carbocycles. The zero-order chi connectivity index (χ0) is 50.6. The Balaban J connectivity index is 1.43. The van der Waals surface area contributed by atoms with Crippen LogP contribution in [-0.4, -0.2) is 172 Å². The molecule has 5 aliphatic rings. The third-order valence-corrected chi connectivity index (χ3v) is 16.6. The first-order valence-corrected chi connectivity index (χ1v) is 26.7. The Morgan fingerprint density at radius 1 is 0.899 bits per heavy atom. The quantitative estimate of drug-likeness (QED) is 0.0994. The van der Waals surface area contributed by atoms with Gasteiger partial charge in [0.25, 0.3) is 11.7 Å². The van der Waals surface area contributed by atoms with Crippen molar-refractivity contribution in [3.05, 3.63) is 23.3 Å². The van der Waals surface area contributed by atoms with Crippen LogP contribution in [0.15, 0.2) is 23.3 Å². The van der Waals surface area contributed by atoms with Gasteiger partial charge in [0.2, 0.25) is 5.79 Å². The molecule has 0 aromatic heterocycles. The Morgan fingerprint density at radius 3 is 2.23 bits per heavy atom. The van der Waals surface area contributed by atoms with Gasteiger partial charge < -0.3 is 43.5 Å². The smallest absolute Gasteiger partial charge is 0.456 e. The van der Waals surface area contributed by atoms with E-state index in [0.717, 1.165) is 18.7 Å². The molecule has 1 saturated carbocycles. The fourth-order valence-corrected chi connectivity index (χ4v) is 12.0. The van der Waals surface area contributed by atoms with Crippen molar-refractivity contribution < 1.29 is 75.9 Å². The number of rotatable bonds is 13. The summed E-state index contributed by atoms with van der Waals surface area (Å²) >= 11 is 0. The molecule has 2 N–H and O–H groups in total. The maximum absolute atomic E-state index is 14.6. The fraction of sp³-hybridized carbons (Fsp3) is 0.840. The van der Waals surface area contributed by atoms with E-state index >= 15 is 0 Å². The number of amides is 1. The largest absolute Gasteiger partial charge is 0.474 e. The Bertz CT molecular complexity index is 1830. The van der Waals surface area contributed by atoms with E-state index in [1.807, 2.05) is 32.9 Å². The lowest BCUT2D eigenvalue weighted by Crippen LogP contribution is -2.64. The number of nitrogens with zero attached hydrogens (tertiary/aromatic N) is 2. The molecule has 15 atom stereocenters. The number of ether oxygens (including phenoxy) is 6. The van der Waals surface area contributed by atoms with E-state index in [1.54, 1.807) is 27.9 Å². The summed E-state index contributed by atoms with van der Waals surface area (Å²) in [6.07, 6.45) is 2.77. The van der Waals surface area contributed by atoms with Crippen LogP contribution >= 0.6 is 7.82 Å². The first-order valence-electron chi connectivity index (χ1n) is 25.2. The molecule has 394 valence electrons. The minimum absolute atomic E-state index is 0.00999. The average molecular weight is 999 g/mol. The van der Waals surface area contributed by atoms with E-state index in [2.05, 4.69) is 4.90 Å². The number of hydrogen-bond acceptors (Lipinski definition) is 17. The molecule has 4 heterocycles. The van der Waals surface area contributed by atoms with Crippen LogP contribution in [0.5, 0.6) is 0 Å². The molecule has 2 unspecified atom stereocenters. The number of hydrogen-bond donors (Lipinski definition) is 2. The molecule has 4 aliphatic heterocycles. The number of piperidine rings is 1. The molecule has 3 saturated heterocycles. The minimum atomic E-state index is -3.93. The molecule has 2 bridgehead atoms. The van der Waals surface area contributed by atoms with Crippen LogP contribution in [-0.2, 0) is 65.7 Å². The van der Waals surface area contributed by atoms with E-state index in [0.29, 0.717) is 76.7 Å². The lowest BCUT2D eigenvalue weighted by atomic mass is 9.81. The Kier molecular flexibility index (Phi) is 22.1. The molecule has 1 aliphatic carbocycles. The van der Waals surface area contributed by atoms with E-state index < -0.39 is 97.8 Å². The van der Waals surface area contributed by atoms with Gasteiger partial charge in [-0.15, -0.1) is 0 Å². The molecule has 0 spiro atoms. The molecule has 5 rings (SSSR count). The van der Waals surface area contributed by atoms with Crippen molar-refractivity contribution in [1.29, 1.82) is 0 Å². The highest BCUT2D eigenvalue weighted by atomic mass is 31.2. The predicted octanol–water partition coefficient (Wildman–Crippen LogP) is 5.60. The summed E-state index contributed by atoms with van der Waals surface area (Å²) < 4.78 is 66.4. The van der Waals surface area contributed by atoms with Crippen LogP contribution in [0.2, 0.25) is 0 Å². The number of aliphatic hydroxyl groups is 2. The number of carbonyl (C=O) groups is 4. The summed E-state index contributed by atoms with van der Waals surface area (Å²) in [7, 11) is 1.97. The maximum Gasteiger partial charge on any atom is 0.474 e. The minimum Gasteiger partial charge on any atom is -0.456 e. The van der Waals surface area contributed by atoms with Gasteiger partial charge in [0, 0.05) is 78.8 Å². The Morgan fingerprint density at radius 2 is 1.58 bits per heavy atom. The van der Waals surface area contributed by atoms with Crippen LogP contribution in [0, 0.1) is 29.6 Å². The van der Waals surface area contributed by atoms with Crippen LogP contribution in [0.1, 0.15) is 112 Å². The lowest BCUT2D eigenvalue weighted by Gasteiger charge is -2.47. The number of morpholine rings is 1. The summed E-state index contributed by atoms with van der Waals surface area (Å²) in [6.45, 7) is 14.6. The SMILES string of the molecule is CC[C@@H]1/C=C(\C)C[C@H](C)C[C@H](OC)[C@H]2O[C@@](O)(C(=O)C(=O)N3CCCC[C@H]3C(=O)O[C@H](/C(C)=C/[C@@H]3CC[C@@H](OP(=O)(OC)OCCN4CCOCC4)[C@H](OC)C3)[C@H](C)C(O)CC1=O)[C@H](C)C[C@@H]2OC. The number of methoxy groups -OCH3 is 3. The standard InChI is InChI=1S/C50H83N2O16P/c1-11-37-25-31(2)24-32(3)26-43(61-8)46-44(62-9)28-34(5)50(58,67-46)47(55)48(56)52-17-13-12-14-38(52)49(57)66-45(35(6)39(53)30-40(37)54)33(4)27-36-15-16-41(42(29-36)60-7)68-69(59,63-10)65-23-20-51-18-21-64-22-19-51/h25,27,32,34-39,41-46,53,58H,11-24,26,28-30H2,1-10H3/b31-25+,33-27+/t32-,34+,35+,36-,37+,38-,39?,41+,42+,43-,44-,45+,46+,50+,69?/m0/s1. The van der Waals surface area contributed by atoms with Crippen molar-refractivity contribution in [2.75, 3.05) is 74.4 Å². The molecule has 0 radical (unpaired) electrons. The summed E-state index contributed by atoms with van der Waals surface area (Å²) in [5.41, 5.74) is 1.59. The van der Waals surface area contributed by atoms with Gasteiger partial charge >= 0.3 is 13.8 Å². The monoisotopic (exact) mass is 999 g/mol. The van der Waals surface area contributed by atoms with Crippen LogP contribution < -0.4 is 0 Å². The topological polar surface area (TPSA) is 215 Å². The number of esters is 1. The Hall–Kier alpha value is -2.45. The summed E-state index contributed by atoms with van der Waals surface area (Å²) in [4.78, 5) is 60.7. The molecule has 18 nitrogen and oxygen atoms in total.